The van der Waals surface area contributed by atoms with Crippen LogP contribution in [0.4, 0.5) is 13.2 Å². The van der Waals surface area contributed by atoms with Gasteiger partial charge in [-0.3, -0.25) is 0 Å². The summed E-state index contributed by atoms with van der Waals surface area (Å²) >= 11 is -2.70. The Kier molecular flexibility index (Phi) is 4.75. The maximum absolute atomic E-state index is 13.2. The van der Waals surface area contributed by atoms with E-state index in [1.807, 2.05) is 36.4 Å². The molecule has 1 aromatic carbocycles. The number of benzene rings is 1. The van der Waals surface area contributed by atoms with E-state index in [0.29, 0.717) is 10.2 Å². The predicted molar refractivity (Wildman–Crippen MR) is 80.5 cm³/mol. The SMILES string of the molecule is [CH3][Sn]([CH3])([CH3])[C]1=CCC(c2ccccc2)C=C(C(F)(F)F)O1. The van der Waals surface area contributed by atoms with Crippen LogP contribution in [0.25, 0.3) is 0 Å². The third-order valence-electron chi connectivity index (χ3n) is 3.38. The Morgan fingerprint density at radius 2 is 1.71 bits per heavy atom. The zero-order valence-electron chi connectivity index (χ0n) is 12.4. The van der Waals surface area contributed by atoms with Gasteiger partial charge in [-0.2, -0.15) is 0 Å². The van der Waals surface area contributed by atoms with Crippen LogP contribution in [0.3, 0.4) is 0 Å². The van der Waals surface area contributed by atoms with Gasteiger partial charge in [0.1, 0.15) is 0 Å². The Morgan fingerprint density at radius 1 is 1.10 bits per heavy atom. The third-order valence-corrected chi connectivity index (χ3v) is 8.47. The van der Waals surface area contributed by atoms with Gasteiger partial charge in [-0.25, -0.2) is 0 Å². The second kappa shape index (κ2) is 6.07. The molecule has 0 spiro atoms. The van der Waals surface area contributed by atoms with E-state index >= 15 is 0 Å². The molecule has 0 aromatic heterocycles. The van der Waals surface area contributed by atoms with Gasteiger partial charge in [-0.15, -0.1) is 0 Å². The van der Waals surface area contributed by atoms with Crippen molar-refractivity contribution in [3.05, 3.63) is 57.6 Å². The number of ether oxygens (including phenoxy) is 1. The minimum absolute atomic E-state index is 0.297. The number of hydrogen-bond acceptors (Lipinski definition) is 1. The summed E-state index contributed by atoms with van der Waals surface area (Å²) in [4.78, 5) is 6.16. The molecule has 0 N–H and O–H groups in total. The quantitative estimate of drug-likeness (QED) is 0.602. The van der Waals surface area contributed by atoms with Crippen molar-refractivity contribution in [3.63, 3.8) is 0 Å². The number of alkyl halides is 3. The molecule has 1 aromatic rings. The summed E-state index contributed by atoms with van der Waals surface area (Å²) < 4.78 is 45.4. The second-order valence-corrected chi connectivity index (χ2v) is 20.5. The van der Waals surface area contributed by atoms with Gasteiger partial charge in [0.2, 0.25) is 0 Å². The van der Waals surface area contributed by atoms with Crippen LogP contribution in [0.1, 0.15) is 17.9 Å². The van der Waals surface area contributed by atoms with Gasteiger partial charge in [-0.05, 0) is 0 Å². The molecule has 0 radical (unpaired) electrons. The van der Waals surface area contributed by atoms with Gasteiger partial charge in [0.25, 0.3) is 0 Å². The molecule has 1 unspecified atom stereocenters. The van der Waals surface area contributed by atoms with Crippen molar-refractivity contribution < 1.29 is 17.9 Å². The molecule has 1 aliphatic heterocycles. The van der Waals surface area contributed by atoms with E-state index in [0.717, 1.165) is 5.56 Å². The molecular weight excluding hydrogens is 384 g/mol. The zero-order valence-corrected chi connectivity index (χ0v) is 15.2. The first-order chi connectivity index (χ1) is 9.68. The van der Waals surface area contributed by atoms with Crippen molar-refractivity contribution in [1.29, 1.82) is 0 Å². The molecular formula is C16H19F3OSn. The number of rotatable bonds is 2. The van der Waals surface area contributed by atoms with Gasteiger partial charge in [0, 0.05) is 0 Å². The number of halogens is 3. The van der Waals surface area contributed by atoms with Crippen molar-refractivity contribution >= 4 is 18.4 Å². The topological polar surface area (TPSA) is 9.23 Å². The van der Waals surface area contributed by atoms with Crippen LogP contribution in [0, 0.1) is 0 Å². The van der Waals surface area contributed by atoms with Crippen LogP contribution in [0.5, 0.6) is 0 Å². The van der Waals surface area contributed by atoms with E-state index in [9.17, 15) is 13.2 Å². The molecule has 5 heteroatoms. The van der Waals surface area contributed by atoms with Gasteiger partial charge < -0.3 is 0 Å². The zero-order chi connectivity index (χ0) is 15.7. The summed E-state index contributed by atoms with van der Waals surface area (Å²) in [7, 11) is 0. The van der Waals surface area contributed by atoms with Crippen molar-refractivity contribution in [2.24, 2.45) is 0 Å². The van der Waals surface area contributed by atoms with Gasteiger partial charge >= 0.3 is 127 Å². The summed E-state index contributed by atoms with van der Waals surface area (Å²) in [6.07, 6.45) is -0.819. The molecule has 0 saturated carbocycles. The molecule has 114 valence electrons. The van der Waals surface area contributed by atoms with Crippen LogP contribution in [0.2, 0.25) is 14.8 Å². The Morgan fingerprint density at radius 3 is 2.24 bits per heavy atom. The minimum atomic E-state index is -4.45. The molecule has 1 aliphatic rings. The fraction of sp³-hybridized carbons (Fsp3) is 0.375. The van der Waals surface area contributed by atoms with E-state index in [1.54, 1.807) is 0 Å². The first-order valence-electron chi connectivity index (χ1n) is 6.90. The average molecular weight is 403 g/mol. The summed E-state index contributed by atoms with van der Waals surface area (Å²) in [5, 5.41) is 0. The van der Waals surface area contributed by atoms with Gasteiger partial charge in [0.15, 0.2) is 0 Å². The fourth-order valence-corrected chi connectivity index (χ4v) is 5.49. The van der Waals surface area contributed by atoms with E-state index in [4.69, 9.17) is 4.74 Å². The first kappa shape index (κ1) is 16.5. The number of allylic oxidation sites excluding steroid dienone is 3. The Balaban J connectivity index is 2.42. The average Bonchev–Trinajstić information content (AvgIpc) is 2.61. The van der Waals surface area contributed by atoms with E-state index < -0.39 is 30.3 Å². The molecule has 2 rings (SSSR count). The Hall–Kier alpha value is -0.911. The standard InChI is InChI=1S/C13H10F3O.3CH3.Sn/c14-13(15,16)12-9-11(7-4-8-17-12)10-5-2-1-3-6-10;;;;/h1-6,9,11H,7H2;3*1H3;. The second-order valence-electron chi connectivity index (χ2n) is 6.20. The molecule has 0 fully saturated rings. The van der Waals surface area contributed by atoms with E-state index in [2.05, 4.69) is 14.8 Å². The molecule has 1 heterocycles. The molecule has 21 heavy (non-hydrogen) atoms. The third kappa shape index (κ3) is 4.28. The fourth-order valence-electron chi connectivity index (χ4n) is 2.22. The van der Waals surface area contributed by atoms with Crippen LogP contribution >= 0.6 is 0 Å². The normalized spacial score (nSPS) is 20.2. The van der Waals surface area contributed by atoms with Crippen molar-refractivity contribution in [1.82, 2.24) is 0 Å². The van der Waals surface area contributed by atoms with Crippen molar-refractivity contribution in [2.75, 3.05) is 0 Å². The molecule has 0 bridgehead atoms. The van der Waals surface area contributed by atoms with Crippen LogP contribution in [-0.2, 0) is 4.74 Å². The monoisotopic (exact) mass is 404 g/mol. The van der Waals surface area contributed by atoms with Gasteiger partial charge in [0.05, 0.1) is 0 Å². The first-order valence-corrected chi connectivity index (χ1v) is 16.9. The van der Waals surface area contributed by atoms with Crippen LogP contribution in [-0.4, -0.2) is 24.6 Å². The van der Waals surface area contributed by atoms with E-state index in [-0.39, 0.29) is 5.92 Å². The Labute approximate surface area is 127 Å². The summed E-state index contributed by atoms with van der Waals surface area (Å²) in [6, 6.07) is 9.26. The molecule has 0 saturated heterocycles. The summed E-state index contributed by atoms with van der Waals surface area (Å²) in [5.41, 5.74) is 0.879. The van der Waals surface area contributed by atoms with Crippen LogP contribution in [0.15, 0.2) is 52.0 Å². The van der Waals surface area contributed by atoms with E-state index in [1.165, 1.54) is 6.08 Å². The van der Waals surface area contributed by atoms with Crippen molar-refractivity contribution in [3.8, 4) is 0 Å². The summed E-state index contributed by atoms with van der Waals surface area (Å²) in [5.74, 6) is -1.17. The predicted octanol–water partition coefficient (Wildman–Crippen LogP) is 5.40. The van der Waals surface area contributed by atoms with Crippen molar-refractivity contribution in [2.45, 2.75) is 33.3 Å². The summed E-state index contributed by atoms with van der Waals surface area (Å²) in [6.45, 7) is 0. The molecule has 1 atom stereocenters. The Bertz CT molecular complexity index is 553. The molecule has 1 nitrogen and oxygen atoms in total. The number of hydrogen-bond donors (Lipinski definition) is 0. The maximum atomic E-state index is 13.2. The van der Waals surface area contributed by atoms with Crippen LogP contribution < -0.4 is 0 Å². The van der Waals surface area contributed by atoms with Gasteiger partial charge in [-0.1, -0.05) is 0 Å². The molecule has 0 amide bonds. The molecule has 0 aliphatic carbocycles.